The van der Waals surface area contributed by atoms with Crippen LogP contribution in [-0.2, 0) is 33.3 Å². The van der Waals surface area contributed by atoms with Crippen LogP contribution >= 0.6 is 0 Å². The third-order valence-corrected chi connectivity index (χ3v) is 8.15. The van der Waals surface area contributed by atoms with Gasteiger partial charge in [0, 0.05) is 60.3 Å². The summed E-state index contributed by atoms with van der Waals surface area (Å²) in [5.41, 5.74) is 10.8. The molecule has 2 amide bonds. The van der Waals surface area contributed by atoms with Gasteiger partial charge in [-0.15, -0.1) is 5.53 Å². The van der Waals surface area contributed by atoms with Crippen LogP contribution in [0.15, 0.2) is 30.1 Å². The van der Waals surface area contributed by atoms with Crippen molar-refractivity contribution >= 4 is 40.9 Å². The molecule has 50 heavy (non-hydrogen) atoms. The summed E-state index contributed by atoms with van der Waals surface area (Å²) in [5.74, 6) is -1.22. The number of halogens is 1. The van der Waals surface area contributed by atoms with E-state index in [0.717, 1.165) is 12.1 Å². The maximum atomic E-state index is 13.8. The number of nitrogens with zero attached hydrogens (tertiary/aromatic N) is 1. The summed E-state index contributed by atoms with van der Waals surface area (Å²) < 4.78 is 35.1. The summed E-state index contributed by atoms with van der Waals surface area (Å²) in [6, 6.07) is 4.11. The number of aromatic amines is 1. The minimum atomic E-state index is -0.444. The smallest absolute Gasteiger partial charge is 0.305 e. The lowest BCUT2D eigenvalue weighted by molar-refractivity contribution is -0.140. The molecule has 2 aliphatic heterocycles. The Morgan fingerprint density at radius 1 is 0.960 bits per heavy atom. The Balaban J connectivity index is 1.00. The topological polar surface area (TPSA) is 172 Å². The van der Waals surface area contributed by atoms with Crippen LogP contribution < -0.4 is 21.6 Å². The predicted molar refractivity (Wildman–Crippen MR) is 184 cm³/mol. The minimum Gasteiger partial charge on any atom is -0.469 e. The number of nitrogens with one attached hydrogen (secondary N) is 5. The monoisotopic (exact) mass is 698 g/mol. The molecular weight excluding hydrogens is 651 g/mol. The van der Waals surface area contributed by atoms with Crippen molar-refractivity contribution in [2.75, 3.05) is 65.2 Å². The third kappa shape index (κ3) is 11.5. The van der Waals surface area contributed by atoms with Crippen molar-refractivity contribution in [3.05, 3.63) is 64.0 Å². The van der Waals surface area contributed by atoms with Crippen molar-refractivity contribution in [3.8, 4) is 0 Å². The number of aromatic nitrogens is 1. The first-order valence-corrected chi connectivity index (χ1v) is 16.8. The average Bonchev–Trinajstić information content (AvgIpc) is 3.76. The number of hydrogen-bond donors (Lipinski definition) is 5. The van der Waals surface area contributed by atoms with Crippen molar-refractivity contribution in [1.82, 2.24) is 26.3 Å². The van der Waals surface area contributed by atoms with Crippen molar-refractivity contribution in [1.29, 1.82) is 0 Å². The zero-order valence-corrected chi connectivity index (χ0v) is 28.9. The lowest BCUT2D eigenvalue weighted by atomic mass is 10.0. The fourth-order valence-electron chi connectivity index (χ4n) is 5.47. The molecule has 0 saturated carbocycles. The van der Waals surface area contributed by atoms with E-state index >= 15 is 0 Å². The van der Waals surface area contributed by atoms with Gasteiger partial charge in [-0.3, -0.25) is 24.2 Å². The van der Waals surface area contributed by atoms with Crippen LogP contribution in [0, 0.1) is 19.7 Å². The molecule has 2 aliphatic rings. The Labute approximate surface area is 291 Å². The molecule has 1 aromatic heterocycles. The van der Waals surface area contributed by atoms with E-state index in [0.29, 0.717) is 118 Å². The quantitative estimate of drug-likeness (QED) is 0.0694. The number of benzene rings is 1. The van der Waals surface area contributed by atoms with Crippen molar-refractivity contribution in [3.63, 3.8) is 0 Å². The first kappa shape index (κ1) is 38.2. The number of hydrogen-bond acceptors (Lipinski definition) is 11. The molecule has 0 fully saturated rings. The molecule has 0 atom stereocenters. The van der Waals surface area contributed by atoms with Gasteiger partial charge in [-0.25, -0.2) is 4.39 Å². The van der Waals surface area contributed by atoms with Crippen molar-refractivity contribution < 1.29 is 42.5 Å². The van der Waals surface area contributed by atoms with Gasteiger partial charge in [-0.1, -0.05) is 0 Å². The van der Waals surface area contributed by atoms with E-state index in [9.17, 15) is 23.6 Å². The highest BCUT2D eigenvalue weighted by Crippen LogP contribution is 2.34. The maximum Gasteiger partial charge on any atom is 0.305 e. The van der Waals surface area contributed by atoms with Gasteiger partial charge in [0.2, 0.25) is 0 Å². The molecule has 14 nitrogen and oxygen atoms in total. The summed E-state index contributed by atoms with van der Waals surface area (Å²) in [6.07, 6.45) is 6.51. The van der Waals surface area contributed by atoms with Gasteiger partial charge < -0.3 is 40.0 Å². The number of carbonyl (C=O) groups is 4. The van der Waals surface area contributed by atoms with E-state index in [-0.39, 0.29) is 30.0 Å². The zero-order chi connectivity index (χ0) is 35.9. The fraction of sp³-hybridized carbons (Fsp3) is 0.486. The largest absolute Gasteiger partial charge is 0.469 e. The van der Waals surface area contributed by atoms with Crippen molar-refractivity contribution in [2.24, 2.45) is 0 Å². The van der Waals surface area contributed by atoms with E-state index in [1.807, 2.05) is 11.2 Å². The predicted octanol–water partition coefficient (Wildman–Crippen LogP) is 3.29. The fourth-order valence-corrected chi connectivity index (χ4v) is 5.47. The molecule has 0 radical (unpaired) electrons. The number of ketones is 1. The van der Waals surface area contributed by atoms with Crippen LogP contribution in [0.5, 0.6) is 0 Å². The Morgan fingerprint density at radius 3 is 2.46 bits per heavy atom. The number of anilines is 1. The summed E-state index contributed by atoms with van der Waals surface area (Å²) in [6.45, 7) is 7.00. The second-order valence-electron chi connectivity index (χ2n) is 11.9. The zero-order valence-electron chi connectivity index (χ0n) is 28.9. The van der Waals surface area contributed by atoms with Crippen LogP contribution in [0.3, 0.4) is 0 Å². The lowest BCUT2D eigenvalue weighted by Gasteiger charge is -2.15. The van der Waals surface area contributed by atoms with Gasteiger partial charge in [0.25, 0.3) is 11.8 Å². The Morgan fingerprint density at radius 2 is 1.70 bits per heavy atom. The van der Waals surface area contributed by atoms with Gasteiger partial charge in [-0.05, 0) is 62.9 Å². The molecule has 5 N–H and O–H groups in total. The van der Waals surface area contributed by atoms with Crippen molar-refractivity contribution in [2.45, 2.75) is 52.4 Å². The Kier molecular flexibility index (Phi) is 15.0. The number of methoxy groups -OCH3 is 1. The van der Waals surface area contributed by atoms with Crippen LogP contribution in [0.1, 0.15) is 71.4 Å². The molecular formula is C35H47FN6O8. The SMILES string of the molecule is COC(=O)CCCC1=CN(CCOCCOCCOCCC(=O)CCCNC(=O)c2c(C)[nH]c(/C=C3\C(=O)Nc4ccc(F)cc43)c2C)NN1. The average molecular weight is 699 g/mol. The number of Topliss-reactive ketones (excluding diaryl/α,β-unsaturated/α-hetero) is 1. The van der Waals surface area contributed by atoms with E-state index in [1.54, 1.807) is 19.9 Å². The molecule has 0 bridgehead atoms. The number of aryl methyl sites for hydroxylation is 1. The number of carbonyl (C=O) groups excluding carboxylic acids is 4. The summed E-state index contributed by atoms with van der Waals surface area (Å²) in [5, 5.41) is 7.47. The van der Waals surface area contributed by atoms with Crippen LogP contribution in [0.25, 0.3) is 11.6 Å². The number of amides is 2. The molecule has 272 valence electrons. The highest BCUT2D eigenvalue weighted by atomic mass is 19.1. The molecule has 0 unspecified atom stereocenters. The normalized spacial score (nSPS) is 14.4. The summed E-state index contributed by atoms with van der Waals surface area (Å²) in [7, 11) is 1.39. The molecule has 15 heteroatoms. The van der Waals surface area contributed by atoms with E-state index in [4.69, 9.17) is 14.2 Å². The number of H-pyrrole nitrogens is 1. The molecule has 0 aliphatic carbocycles. The van der Waals surface area contributed by atoms with Crippen LogP contribution in [-0.4, -0.2) is 93.4 Å². The standard InChI is InChI=1S/C35H47FN6O8/c1-23-31(21-29-28-20-25(36)9-10-30(28)39-34(29)45)38-24(2)33(23)35(46)37-12-5-7-27(43)11-14-48-16-18-50-19-17-49-15-13-42-22-26(40-41-42)6-4-8-32(44)47-3/h9-10,20-22,38,40-41H,4-8,11-19H2,1-3H3,(H,37,46)(H,39,45)/b29-21-. The van der Waals surface area contributed by atoms with E-state index in [2.05, 4.69) is 31.3 Å². The first-order valence-electron chi connectivity index (χ1n) is 16.8. The van der Waals surface area contributed by atoms with Gasteiger partial charge in [0.15, 0.2) is 0 Å². The lowest BCUT2D eigenvalue weighted by Crippen LogP contribution is -2.38. The second kappa shape index (κ2) is 19.6. The van der Waals surface area contributed by atoms with Crippen LogP contribution in [0.4, 0.5) is 10.1 Å². The molecule has 0 saturated heterocycles. The second-order valence-corrected chi connectivity index (χ2v) is 11.9. The summed E-state index contributed by atoms with van der Waals surface area (Å²) in [4.78, 5) is 52.1. The molecule has 3 heterocycles. The van der Waals surface area contributed by atoms with E-state index in [1.165, 1.54) is 25.3 Å². The van der Waals surface area contributed by atoms with Gasteiger partial charge >= 0.3 is 5.97 Å². The molecule has 1 aromatic carbocycles. The first-order chi connectivity index (χ1) is 24.2. The highest BCUT2D eigenvalue weighted by Gasteiger charge is 2.26. The Bertz CT molecular complexity index is 1570. The highest BCUT2D eigenvalue weighted by molar-refractivity contribution is 6.34. The number of esters is 1. The third-order valence-electron chi connectivity index (χ3n) is 8.15. The molecule has 4 rings (SSSR count). The van der Waals surface area contributed by atoms with Gasteiger partial charge in [0.05, 0.1) is 64.4 Å². The Hall–Kier alpha value is -4.57. The maximum absolute atomic E-state index is 13.8. The minimum absolute atomic E-state index is 0.0499. The molecule has 0 spiro atoms. The number of hydrazine groups is 2. The van der Waals surface area contributed by atoms with Gasteiger partial charge in [0.1, 0.15) is 11.6 Å². The number of allylic oxidation sites excluding steroid dienone is 1. The number of fused-ring (bicyclic) bond motifs is 1. The number of ether oxygens (including phenoxy) is 4. The van der Waals surface area contributed by atoms with Gasteiger partial charge in [-0.2, -0.15) is 0 Å². The van der Waals surface area contributed by atoms with E-state index < -0.39 is 5.82 Å². The van der Waals surface area contributed by atoms with Crippen LogP contribution in [0.2, 0.25) is 0 Å². The number of rotatable bonds is 22. The summed E-state index contributed by atoms with van der Waals surface area (Å²) >= 11 is 0. The molecule has 2 aromatic rings.